The third-order valence-electron chi connectivity index (χ3n) is 1.25. The minimum absolute atomic E-state index is 1.16. The van der Waals surface area contributed by atoms with Crippen LogP contribution in [-0.2, 0) is 0 Å². The van der Waals surface area contributed by atoms with Crippen molar-refractivity contribution in [3.8, 4) is 0 Å². The van der Waals surface area contributed by atoms with E-state index in [1.165, 1.54) is 16.3 Å². The summed E-state index contributed by atoms with van der Waals surface area (Å²) in [6.07, 6.45) is 2.43. The molecule has 0 saturated heterocycles. The van der Waals surface area contributed by atoms with Gasteiger partial charge in [0, 0.05) is 0 Å². The van der Waals surface area contributed by atoms with E-state index in [1.807, 2.05) is 0 Å². The summed E-state index contributed by atoms with van der Waals surface area (Å²) >= 11 is 5.99. The second-order valence-electron chi connectivity index (χ2n) is 2.25. The second kappa shape index (κ2) is 6.42. The molecule has 0 N–H and O–H groups in total. The zero-order valence-corrected chi connectivity index (χ0v) is 10.0. The summed E-state index contributed by atoms with van der Waals surface area (Å²) in [7, 11) is 0. The molecular formula is C7H14NSe2. The molecule has 0 heterocycles. The first-order chi connectivity index (χ1) is 4.72. The monoisotopic (exact) mass is 272 g/mol. The molecule has 0 unspecified atom stereocenters. The molecule has 0 aromatic carbocycles. The fraction of sp³-hybridized carbons (Fsp3) is 0.857. The fourth-order valence-electron chi connectivity index (χ4n) is 0.834. The first-order valence-electron chi connectivity index (χ1n) is 3.68. The van der Waals surface area contributed by atoms with Gasteiger partial charge in [0.25, 0.3) is 0 Å². The van der Waals surface area contributed by atoms with Gasteiger partial charge in [-0.05, 0) is 0 Å². The van der Waals surface area contributed by atoms with Crippen LogP contribution in [0.3, 0.4) is 0 Å². The minimum atomic E-state index is 1.16. The molecule has 0 bridgehead atoms. The van der Waals surface area contributed by atoms with E-state index in [-0.39, 0.29) is 0 Å². The Morgan fingerprint density at radius 1 is 1.20 bits per heavy atom. The van der Waals surface area contributed by atoms with Crippen molar-refractivity contribution in [2.24, 2.45) is 0 Å². The normalized spacial score (nSPS) is 9.40. The molecule has 0 amide bonds. The molecule has 10 heavy (non-hydrogen) atoms. The molecule has 0 fully saturated rings. The average Bonchev–Trinajstić information content (AvgIpc) is 1.87. The SMILES string of the molecule is CCCN(CCC)C([Se])=[Se]. The number of rotatable bonds is 5. The van der Waals surface area contributed by atoms with Crippen LogP contribution in [-0.4, -0.2) is 53.0 Å². The molecule has 0 aliphatic heterocycles. The van der Waals surface area contributed by atoms with E-state index in [9.17, 15) is 0 Å². The van der Waals surface area contributed by atoms with Gasteiger partial charge in [-0.1, -0.05) is 0 Å². The van der Waals surface area contributed by atoms with Gasteiger partial charge < -0.3 is 0 Å². The predicted molar refractivity (Wildman–Crippen MR) is 48.7 cm³/mol. The van der Waals surface area contributed by atoms with Gasteiger partial charge in [-0.2, -0.15) is 0 Å². The van der Waals surface area contributed by atoms with Gasteiger partial charge in [-0.3, -0.25) is 0 Å². The van der Waals surface area contributed by atoms with Gasteiger partial charge in [-0.15, -0.1) is 0 Å². The zero-order chi connectivity index (χ0) is 7.98. The summed E-state index contributed by atoms with van der Waals surface area (Å²) in [5.41, 5.74) is 0. The fourth-order valence-corrected chi connectivity index (χ4v) is 1.60. The van der Waals surface area contributed by atoms with Gasteiger partial charge in [0.1, 0.15) is 0 Å². The summed E-state index contributed by atoms with van der Waals surface area (Å²) in [6, 6.07) is 0. The molecular weight excluding hydrogens is 256 g/mol. The van der Waals surface area contributed by atoms with Crippen LogP contribution in [0.4, 0.5) is 0 Å². The van der Waals surface area contributed by atoms with E-state index in [1.54, 1.807) is 0 Å². The Morgan fingerprint density at radius 2 is 1.60 bits per heavy atom. The van der Waals surface area contributed by atoms with Crippen molar-refractivity contribution in [3.05, 3.63) is 0 Å². The molecule has 0 saturated carbocycles. The Hall–Kier alpha value is 0.709. The van der Waals surface area contributed by atoms with Crippen LogP contribution in [0.1, 0.15) is 26.7 Å². The molecule has 0 atom stereocenters. The van der Waals surface area contributed by atoms with Gasteiger partial charge in [-0.25, -0.2) is 0 Å². The van der Waals surface area contributed by atoms with Crippen molar-refractivity contribution >= 4 is 35.0 Å². The molecule has 0 spiro atoms. The van der Waals surface area contributed by atoms with Gasteiger partial charge in [0.2, 0.25) is 0 Å². The van der Waals surface area contributed by atoms with Crippen LogP contribution in [0.15, 0.2) is 0 Å². The molecule has 0 rings (SSSR count). The van der Waals surface area contributed by atoms with Crippen molar-refractivity contribution in [1.82, 2.24) is 4.90 Å². The molecule has 1 radical (unpaired) electrons. The molecule has 0 aliphatic rings. The molecule has 0 aromatic rings. The third kappa shape index (κ3) is 4.51. The van der Waals surface area contributed by atoms with E-state index in [2.05, 4.69) is 50.3 Å². The Balaban J connectivity index is 3.61. The van der Waals surface area contributed by atoms with Crippen molar-refractivity contribution in [3.63, 3.8) is 0 Å². The van der Waals surface area contributed by atoms with Crippen LogP contribution >= 0.6 is 0 Å². The van der Waals surface area contributed by atoms with E-state index < -0.39 is 0 Å². The summed E-state index contributed by atoms with van der Waals surface area (Å²) in [5.74, 6) is 0. The van der Waals surface area contributed by atoms with E-state index in [0.717, 1.165) is 13.1 Å². The Morgan fingerprint density at radius 3 is 1.80 bits per heavy atom. The molecule has 0 aromatic heterocycles. The van der Waals surface area contributed by atoms with Gasteiger partial charge in [0.05, 0.1) is 0 Å². The summed E-state index contributed by atoms with van der Waals surface area (Å²) < 4.78 is 1.20. The van der Waals surface area contributed by atoms with Crippen LogP contribution in [0, 0.1) is 0 Å². The van der Waals surface area contributed by atoms with Crippen molar-refractivity contribution in [1.29, 1.82) is 0 Å². The topological polar surface area (TPSA) is 3.24 Å². The van der Waals surface area contributed by atoms with Gasteiger partial charge in [0.15, 0.2) is 0 Å². The summed E-state index contributed by atoms with van der Waals surface area (Å²) in [6.45, 7) is 6.71. The first-order valence-corrected chi connectivity index (χ1v) is 5.39. The average molecular weight is 270 g/mol. The Bertz CT molecular complexity index is 97.8. The van der Waals surface area contributed by atoms with Crippen LogP contribution in [0.25, 0.3) is 0 Å². The summed E-state index contributed by atoms with van der Waals surface area (Å²) in [5, 5.41) is 0. The number of hydrogen-bond acceptors (Lipinski definition) is 1. The predicted octanol–water partition coefficient (Wildman–Crippen LogP) is 0.533. The molecule has 3 heteroatoms. The maximum atomic E-state index is 3.00. The molecule has 59 valence electrons. The molecule has 1 nitrogen and oxygen atoms in total. The summed E-state index contributed by atoms with van der Waals surface area (Å²) in [4.78, 5) is 2.33. The van der Waals surface area contributed by atoms with Crippen LogP contribution < -0.4 is 0 Å². The Kier molecular flexibility index (Phi) is 6.88. The van der Waals surface area contributed by atoms with E-state index in [4.69, 9.17) is 0 Å². The van der Waals surface area contributed by atoms with Crippen molar-refractivity contribution < 1.29 is 0 Å². The van der Waals surface area contributed by atoms with Crippen molar-refractivity contribution in [2.45, 2.75) is 26.7 Å². The van der Waals surface area contributed by atoms with Crippen LogP contribution in [0.5, 0.6) is 0 Å². The first kappa shape index (κ1) is 10.7. The zero-order valence-electron chi connectivity index (χ0n) is 6.59. The van der Waals surface area contributed by atoms with E-state index in [0.29, 0.717) is 0 Å². The standard InChI is InChI=1S/C7H14NSe2/c1-3-5-8(6-4-2)7(9)10/h3-6H2,1-2H3. The maximum absolute atomic E-state index is 3.00. The van der Waals surface area contributed by atoms with Crippen molar-refractivity contribution in [2.75, 3.05) is 13.1 Å². The Labute approximate surface area is 79.7 Å². The number of nitrogens with zero attached hydrogens (tertiary/aromatic N) is 1. The van der Waals surface area contributed by atoms with Crippen LogP contribution in [0.2, 0.25) is 0 Å². The second-order valence-corrected chi connectivity index (χ2v) is 5.19. The number of hydrogen-bond donors (Lipinski definition) is 0. The molecule has 0 aliphatic carbocycles. The van der Waals surface area contributed by atoms with Gasteiger partial charge >= 0.3 is 79.7 Å². The quantitative estimate of drug-likeness (QED) is 0.659. The van der Waals surface area contributed by atoms with E-state index >= 15 is 0 Å². The third-order valence-corrected chi connectivity index (χ3v) is 2.33.